The highest BCUT2D eigenvalue weighted by atomic mass is 16.5. The minimum Gasteiger partial charge on any atom is -0.481 e. The molecule has 2 aromatic heterocycles. The average Bonchev–Trinajstić information content (AvgIpc) is 3.10. The molecule has 0 aliphatic rings. The van der Waals surface area contributed by atoms with Gasteiger partial charge in [-0.15, -0.1) is 0 Å². The highest BCUT2D eigenvalue weighted by Crippen LogP contribution is 2.17. The van der Waals surface area contributed by atoms with Crippen molar-refractivity contribution in [1.82, 2.24) is 14.8 Å². The van der Waals surface area contributed by atoms with Crippen LogP contribution in [0.5, 0.6) is 5.88 Å². The highest BCUT2D eigenvalue weighted by molar-refractivity contribution is 6.04. The number of aromatic nitrogens is 3. The maximum absolute atomic E-state index is 12.4. The van der Waals surface area contributed by atoms with Crippen molar-refractivity contribution in [1.29, 1.82) is 0 Å². The van der Waals surface area contributed by atoms with Crippen molar-refractivity contribution in [2.75, 3.05) is 19.0 Å². The molecule has 0 atom stereocenters. The fourth-order valence-corrected chi connectivity index (χ4v) is 2.61. The Kier molecular flexibility index (Phi) is 5.69. The number of nitrogens with one attached hydrogen (secondary N) is 1. The van der Waals surface area contributed by atoms with E-state index >= 15 is 0 Å². The summed E-state index contributed by atoms with van der Waals surface area (Å²) in [5.41, 5.74) is 2.86. The largest absolute Gasteiger partial charge is 0.481 e. The van der Waals surface area contributed by atoms with E-state index in [-0.39, 0.29) is 5.91 Å². The molecule has 28 heavy (non-hydrogen) atoms. The molecule has 3 rings (SSSR count). The zero-order valence-corrected chi connectivity index (χ0v) is 15.8. The van der Waals surface area contributed by atoms with Gasteiger partial charge in [-0.2, -0.15) is 5.10 Å². The quantitative estimate of drug-likeness (QED) is 0.661. The van der Waals surface area contributed by atoms with Gasteiger partial charge in [-0.3, -0.25) is 4.79 Å². The van der Waals surface area contributed by atoms with Crippen LogP contribution in [0, 0.1) is 6.92 Å². The van der Waals surface area contributed by atoms with E-state index in [2.05, 4.69) is 15.4 Å². The number of amides is 1. The van der Waals surface area contributed by atoms with Gasteiger partial charge in [-0.1, -0.05) is 0 Å². The van der Waals surface area contributed by atoms with Gasteiger partial charge in [0.1, 0.15) is 5.56 Å². The van der Waals surface area contributed by atoms with Gasteiger partial charge in [0.25, 0.3) is 5.91 Å². The first-order valence-corrected chi connectivity index (χ1v) is 8.67. The van der Waals surface area contributed by atoms with Gasteiger partial charge in [-0.05, 0) is 44.2 Å². The molecule has 0 saturated heterocycles. The monoisotopic (exact) mass is 380 g/mol. The maximum atomic E-state index is 12.4. The summed E-state index contributed by atoms with van der Waals surface area (Å²) in [6, 6.07) is 10.3. The number of nitrogens with zero attached hydrogens (tertiary/aromatic N) is 3. The first kappa shape index (κ1) is 19.1. The highest BCUT2D eigenvalue weighted by Gasteiger charge is 2.16. The molecular weight excluding hydrogens is 360 g/mol. The van der Waals surface area contributed by atoms with E-state index in [9.17, 15) is 9.59 Å². The van der Waals surface area contributed by atoms with Crippen molar-refractivity contribution in [3.05, 3.63) is 65.6 Å². The predicted molar refractivity (Wildman–Crippen MR) is 103 cm³/mol. The lowest BCUT2D eigenvalue weighted by Crippen LogP contribution is -2.12. The van der Waals surface area contributed by atoms with Crippen molar-refractivity contribution in [3.63, 3.8) is 0 Å². The van der Waals surface area contributed by atoms with Crippen LogP contribution in [0.15, 0.2) is 48.8 Å². The number of hydrogen-bond donors (Lipinski definition) is 1. The Hall–Kier alpha value is -3.68. The van der Waals surface area contributed by atoms with E-state index in [0.29, 0.717) is 35.0 Å². The van der Waals surface area contributed by atoms with Crippen molar-refractivity contribution < 1.29 is 19.1 Å². The number of pyridine rings is 1. The van der Waals surface area contributed by atoms with Crippen LogP contribution in [0.25, 0.3) is 5.69 Å². The third-order valence-corrected chi connectivity index (χ3v) is 4.08. The molecule has 8 heteroatoms. The van der Waals surface area contributed by atoms with Gasteiger partial charge in [0, 0.05) is 11.6 Å². The maximum Gasteiger partial charge on any atom is 0.341 e. The Bertz CT molecular complexity index is 978. The molecule has 144 valence electrons. The van der Waals surface area contributed by atoms with E-state index in [1.54, 1.807) is 54.9 Å². The SMILES string of the molecule is CCOC(=O)c1cnn(-c2ccc(C(=O)Nc3ccc(OC)nc3)cc2)c1C. The van der Waals surface area contributed by atoms with Gasteiger partial charge in [0.05, 0.1) is 43.2 Å². The predicted octanol–water partition coefficient (Wildman–Crippen LogP) is 3.01. The van der Waals surface area contributed by atoms with Gasteiger partial charge >= 0.3 is 5.97 Å². The Balaban J connectivity index is 1.74. The second-order valence-electron chi connectivity index (χ2n) is 5.87. The molecule has 8 nitrogen and oxygen atoms in total. The van der Waals surface area contributed by atoms with Crippen molar-refractivity contribution in [2.24, 2.45) is 0 Å². The number of esters is 1. The molecule has 0 aliphatic heterocycles. The third kappa shape index (κ3) is 4.01. The molecule has 1 aromatic carbocycles. The Morgan fingerprint density at radius 2 is 1.86 bits per heavy atom. The van der Waals surface area contributed by atoms with E-state index in [0.717, 1.165) is 5.69 Å². The van der Waals surface area contributed by atoms with Gasteiger partial charge < -0.3 is 14.8 Å². The van der Waals surface area contributed by atoms with Gasteiger partial charge in [0.2, 0.25) is 5.88 Å². The topological polar surface area (TPSA) is 95.3 Å². The second kappa shape index (κ2) is 8.34. The number of rotatable bonds is 6. The molecule has 1 amide bonds. The van der Waals surface area contributed by atoms with Crippen LogP contribution in [-0.2, 0) is 4.74 Å². The molecule has 0 aliphatic carbocycles. The number of ether oxygens (including phenoxy) is 2. The molecule has 0 saturated carbocycles. The number of carbonyl (C=O) groups is 2. The number of carbonyl (C=O) groups excluding carboxylic acids is 2. The lowest BCUT2D eigenvalue weighted by molar-refractivity contribution is 0.0525. The number of anilines is 1. The number of benzene rings is 1. The van der Waals surface area contributed by atoms with Crippen LogP contribution < -0.4 is 10.1 Å². The molecule has 0 radical (unpaired) electrons. The summed E-state index contributed by atoms with van der Waals surface area (Å²) in [6.07, 6.45) is 3.00. The van der Waals surface area contributed by atoms with Crippen LogP contribution >= 0.6 is 0 Å². The standard InChI is InChI=1S/C20H20N4O4/c1-4-28-20(26)17-12-22-24(13(17)2)16-8-5-14(6-9-16)19(25)23-15-7-10-18(27-3)21-11-15/h5-12H,4H2,1-3H3,(H,23,25). The average molecular weight is 380 g/mol. The normalized spacial score (nSPS) is 10.4. The number of methoxy groups -OCH3 is 1. The van der Waals surface area contributed by atoms with Crippen LogP contribution in [0.2, 0.25) is 0 Å². The molecule has 0 bridgehead atoms. The molecule has 3 aromatic rings. The van der Waals surface area contributed by atoms with Crippen LogP contribution in [0.1, 0.15) is 33.3 Å². The lowest BCUT2D eigenvalue weighted by Gasteiger charge is -2.08. The van der Waals surface area contributed by atoms with Crippen LogP contribution in [0.4, 0.5) is 5.69 Å². The molecule has 2 heterocycles. The summed E-state index contributed by atoms with van der Waals surface area (Å²) in [5.74, 6) is -0.197. The van der Waals surface area contributed by atoms with E-state index < -0.39 is 5.97 Å². The van der Waals surface area contributed by atoms with E-state index in [4.69, 9.17) is 9.47 Å². The van der Waals surface area contributed by atoms with Crippen molar-refractivity contribution in [3.8, 4) is 11.6 Å². The summed E-state index contributed by atoms with van der Waals surface area (Å²) in [6.45, 7) is 3.84. The first-order chi connectivity index (χ1) is 13.5. The Morgan fingerprint density at radius 3 is 2.46 bits per heavy atom. The van der Waals surface area contributed by atoms with Gasteiger partial charge in [0.15, 0.2) is 0 Å². The fourth-order valence-electron chi connectivity index (χ4n) is 2.61. The number of hydrogen-bond acceptors (Lipinski definition) is 6. The zero-order chi connectivity index (χ0) is 20.1. The summed E-state index contributed by atoms with van der Waals surface area (Å²) >= 11 is 0. The van der Waals surface area contributed by atoms with Crippen LogP contribution in [-0.4, -0.2) is 40.4 Å². The van der Waals surface area contributed by atoms with Gasteiger partial charge in [-0.25, -0.2) is 14.5 Å². The summed E-state index contributed by atoms with van der Waals surface area (Å²) in [7, 11) is 1.53. The van der Waals surface area contributed by atoms with Crippen LogP contribution in [0.3, 0.4) is 0 Å². The fraction of sp³-hybridized carbons (Fsp3) is 0.200. The Labute approximate surface area is 162 Å². The summed E-state index contributed by atoms with van der Waals surface area (Å²) in [5, 5.41) is 7.02. The second-order valence-corrected chi connectivity index (χ2v) is 5.87. The first-order valence-electron chi connectivity index (χ1n) is 8.67. The minimum atomic E-state index is -0.407. The minimum absolute atomic E-state index is 0.261. The summed E-state index contributed by atoms with van der Waals surface area (Å²) < 4.78 is 11.6. The molecular formula is C20H20N4O4. The smallest absolute Gasteiger partial charge is 0.341 e. The Morgan fingerprint density at radius 1 is 1.11 bits per heavy atom. The van der Waals surface area contributed by atoms with Crippen molar-refractivity contribution >= 4 is 17.6 Å². The zero-order valence-electron chi connectivity index (χ0n) is 15.8. The molecule has 0 fully saturated rings. The molecule has 0 spiro atoms. The molecule has 1 N–H and O–H groups in total. The molecule has 0 unspecified atom stereocenters. The summed E-state index contributed by atoms with van der Waals surface area (Å²) in [4.78, 5) is 28.4. The van der Waals surface area contributed by atoms with E-state index in [1.165, 1.54) is 19.5 Å². The third-order valence-electron chi connectivity index (χ3n) is 4.08. The lowest BCUT2D eigenvalue weighted by atomic mass is 10.2. The van der Waals surface area contributed by atoms with E-state index in [1.807, 2.05) is 0 Å². The van der Waals surface area contributed by atoms with Crippen molar-refractivity contribution in [2.45, 2.75) is 13.8 Å².